The number of aromatic amines is 1. The quantitative estimate of drug-likeness (QED) is 0.608. The standard InChI is InChI=1S/C13H24N4O/c1-3-13(4-2,10-14)12(18)17-7-5-6-11-15-8-9-16-11/h8-9H,3-7,10,14H2,1-2H3,(H,15,16)(H,17,18). The molecule has 5 heteroatoms. The van der Waals surface area contributed by atoms with Gasteiger partial charge in [-0.15, -0.1) is 0 Å². The zero-order valence-electron chi connectivity index (χ0n) is 11.3. The van der Waals surface area contributed by atoms with E-state index in [-0.39, 0.29) is 5.91 Å². The molecule has 0 fully saturated rings. The van der Waals surface area contributed by atoms with Crippen molar-refractivity contribution in [2.45, 2.75) is 39.5 Å². The Morgan fingerprint density at radius 2 is 2.22 bits per heavy atom. The number of carbonyl (C=O) groups is 1. The molecule has 0 bridgehead atoms. The van der Waals surface area contributed by atoms with E-state index in [2.05, 4.69) is 15.3 Å². The summed E-state index contributed by atoms with van der Waals surface area (Å²) in [6, 6.07) is 0. The number of H-pyrrole nitrogens is 1. The summed E-state index contributed by atoms with van der Waals surface area (Å²) in [7, 11) is 0. The molecule has 1 heterocycles. The molecule has 0 saturated carbocycles. The summed E-state index contributed by atoms with van der Waals surface area (Å²) in [5.74, 6) is 1.04. The highest BCUT2D eigenvalue weighted by molar-refractivity contribution is 5.82. The minimum absolute atomic E-state index is 0.0782. The number of nitrogens with two attached hydrogens (primary N) is 1. The Labute approximate surface area is 109 Å². The third-order valence-corrected chi connectivity index (χ3v) is 3.66. The van der Waals surface area contributed by atoms with Crippen molar-refractivity contribution in [1.82, 2.24) is 15.3 Å². The Kier molecular flexibility index (Phi) is 5.85. The molecule has 1 aromatic heterocycles. The van der Waals surface area contributed by atoms with Crippen molar-refractivity contribution in [2.24, 2.45) is 11.1 Å². The third kappa shape index (κ3) is 3.57. The van der Waals surface area contributed by atoms with Crippen molar-refractivity contribution in [2.75, 3.05) is 13.1 Å². The zero-order valence-corrected chi connectivity index (χ0v) is 11.3. The number of nitrogens with zero attached hydrogens (tertiary/aromatic N) is 1. The van der Waals surface area contributed by atoms with Crippen molar-refractivity contribution in [1.29, 1.82) is 0 Å². The van der Waals surface area contributed by atoms with Crippen molar-refractivity contribution in [3.63, 3.8) is 0 Å². The van der Waals surface area contributed by atoms with Gasteiger partial charge < -0.3 is 16.0 Å². The Balaban J connectivity index is 2.31. The van der Waals surface area contributed by atoms with Gasteiger partial charge in [-0.05, 0) is 19.3 Å². The summed E-state index contributed by atoms with van der Waals surface area (Å²) in [4.78, 5) is 19.3. The lowest BCUT2D eigenvalue weighted by molar-refractivity contribution is -0.131. The number of nitrogens with one attached hydrogen (secondary N) is 2. The summed E-state index contributed by atoms with van der Waals surface area (Å²) >= 11 is 0. The van der Waals surface area contributed by atoms with Crippen LogP contribution < -0.4 is 11.1 Å². The molecule has 0 aliphatic heterocycles. The van der Waals surface area contributed by atoms with Crippen LogP contribution in [-0.2, 0) is 11.2 Å². The SMILES string of the molecule is CCC(CC)(CN)C(=O)NCCCc1ncc[nH]1. The Morgan fingerprint density at radius 1 is 1.50 bits per heavy atom. The van der Waals surface area contributed by atoms with Crippen LogP contribution in [0.4, 0.5) is 0 Å². The van der Waals surface area contributed by atoms with E-state index < -0.39 is 5.41 Å². The van der Waals surface area contributed by atoms with E-state index in [1.54, 1.807) is 6.20 Å². The summed E-state index contributed by atoms with van der Waals surface area (Å²) in [6.07, 6.45) is 6.84. The number of hydrogen-bond acceptors (Lipinski definition) is 3. The number of imidazole rings is 1. The van der Waals surface area contributed by atoms with Crippen LogP contribution in [0.2, 0.25) is 0 Å². The molecule has 0 radical (unpaired) electrons. The van der Waals surface area contributed by atoms with Gasteiger partial charge in [-0.2, -0.15) is 0 Å². The van der Waals surface area contributed by atoms with E-state index in [9.17, 15) is 4.79 Å². The van der Waals surface area contributed by atoms with Gasteiger partial charge in [-0.1, -0.05) is 13.8 Å². The lowest BCUT2D eigenvalue weighted by Crippen LogP contribution is -2.45. The second kappa shape index (κ2) is 7.16. The fraction of sp³-hybridized carbons (Fsp3) is 0.692. The fourth-order valence-corrected chi connectivity index (χ4v) is 2.03. The van der Waals surface area contributed by atoms with E-state index in [0.717, 1.165) is 31.5 Å². The fourth-order valence-electron chi connectivity index (χ4n) is 2.03. The molecule has 4 N–H and O–H groups in total. The number of aromatic nitrogens is 2. The molecule has 0 aliphatic rings. The molecule has 1 rings (SSSR count). The van der Waals surface area contributed by atoms with Gasteiger partial charge in [0.2, 0.25) is 5.91 Å². The first-order valence-electron chi connectivity index (χ1n) is 6.65. The highest BCUT2D eigenvalue weighted by Crippen LogP contribution is 2.24. The zero-order chi connectivity index (χ0) is 13.4. The normalized spacial score (nSPS) is 11.5. The molecule has 0 saturated heterocycles. The van der Waals surface area contributed by atoms with Crippen LogP contribution in [-0.4, -0.2) is 29.0 Å². The monoisotopic (exact) mass is 252 g/mol. The summed E-state index contributed by atoms with van der Waals surface area (Å²) < 4.78 is 0. The first-order valence-corrected chi connectivity index (χ1v) is 6.65. The summed E-state index contributed by atoms with van der Waals surface area (Å²) in [5, 5.41) is 2.98. The van der Waals surface area contributed by atoms with Gasteiger partial charge in [0.1, 0.15) is 5.82 Å². The van der Waals surface area contributed by atoms with Gasteiger partial charge in [0.15, 0.2) is 0 Å². The molecule has 0 unspecified atom stereocenters. The number of carbonyl (C=O) groups excluding carboxylic acids is 1. The predicted molar refractivity (Wildman–Crippen MR) is 72.0 cm³/mol. The molecule has 5 nitrogen and oxygen atoms in total. The first-order chi connectivity index (χ1) is 8.68. The molecule has 0 spiro atoms. The Bertz CT molecular complexity index is 336. The van der Waals surface area contributed by atoms with Gasteiger partial charge in [0.05, 0.1) is 5.41 Å². The van der Waals surface area contributed by atoms with E-state index in [1.807, 2.05) is 20.0 Å². The molecule has 18 heavy (non-hydrogen) atoms. The lowest BCUT2D eigenvalue weighted by atomic mass is 9.81. The number of rotatable bonds is 8. The molecular formula is C13H24N4O. The molecule has 102 valence electrons. The molecular weight excluding hydrogens is 228 g/mol. The maximum Gasteiger partial charge on any atom is 0.227 e. The van der Waals surface area contributed by atoms with Gasteiger partial charge in [0.25, 0.3) is 0 Å². The lowest BCUT2D eigenvalue weighted by Gasteiger charge is -2.28. The van der Waals surface area contributed by atoms with Crippen LogP contribution in [0.3, 0.4) is 0 Å². The second-order valence-electron chi connectivity index (χ2n) is 4.59. The van der Waals surface area contributed by atoms with Crippen molar-refractivity contribution < 1.29 is 4.79 Å². The van der Waals surface area contributed by atoms with Crippen LogP contribution >= 0.6 is 0 Å². The highest BCUT2D eigenvalue weighted by atomic mass is 16.2. The Morgan fingerprint density at radius 3 is 2.72 bits per heavy atom. The van der Waals surface area contributed by atoms with Crippen LogP contribution in [0, 0.1) is 5.41 Å². The van der Waals surface area contributed by atoms with Crippen LogP contribution in [0.15, 0.2) is 12.4 Å². The maximum atomic E-state index is 12.1. The molecule has 1 aromatic rings. The topological polar surface area (TPSA) is 83.8 Å². The molecule has 0 atom stereocenters. The average Bonchev–Trinajstić information content (AvgIpc) is 2.90. The summed E-state index contributed by atoms with van der Waals surface area (Å²) in [6.45, 7) is 5.10. The van der Waals surface area contributed by atoms with Crippen LogP contribution in [0.1, 0.15) is 38.9 Å². The summed E-state index contributed by atoms with van der Waals surface area (Å²) in [5.41, 5.74) is 5.34. The molecule has 0 aliphatic carbocycles. The van der Waals surface area contributed by atoms with E-state index in [1.165, 1.54) is 0 Å². The van der Waals surface area contributed by atoms with Gasteiger partial charge in [0, 0.05) is 31.9 Å². The smallest absolute Gasteiger partial charge is 0.227 e. The van der Waals surface area contributed by atoms with Crippen molar-refractivity contribution >= 4 is 5.91 Å². The van der Waals surface area contributed by atoms with E-state index in [4.69, 9.17) is 5.73 Å². The van der Waals surface area contributed by atoms with Crippen LogP contribution in [0.25, 0.3) is 0 Å². The van der Waals surface area contributed by atoms with Gasteiger partial charge in [-0.3, -0.25) is 4.79 Å². The second-order valence-corrected chi connectivity index (χ2v) is 4.59. The van der Waals surface area contributed by atoms with Crippen molar-refractivity contribution in [3.05, 3.63) is 18.2 Å². The van der Waals surface area contributed by atoms with E-state index in [0.29, 0.717) is 13.1 Å². The number of amides is 1. The van der Waals surface area contributed by atoms with Crippen LogP contribution in [0.5, 0.6) is 0 Å². The third-order valence-electron chi connectivity index (χ3n) is 3.66. The minimum atomic E-state index is -0.398. The minimum Gasteiger partial charge on any atom is -0.356 e. The van der Waals surface area contributed by atoms with Gasteiger partial charge >= 0.3 is 0 Å². The predicted octanol–water partition coefficient (Wildman–Crippen LogP) is 1.22. The first kappa shape index (κ1) is 14.7. The maximum absolute atomic E-state index is 12.1. The average molecular weight is 252 g/mol. The molecule has 0 aromatic carbocycles. The Hall–Kier alpha value is -1.36. The number of hydrogen-bond donors (Lipinski definition) is 3. The molecule has 1 amide bonds. The van der Waals surface area contributed by atoms with Crippen molar-refractivity contribution in [3.8, 4) is 0 Å². The van der Waals surface area contributed by atoms with E-state index >= 15 is 0 Å². The largest absolute Gasteiger partial charge is 0.356 e. The van der Waals surface area contributed by atoms with Gasteiger partial charge in [-0.25, -0.2) is 4.98 Å². The highest BCUT2D eigenvalue weighted by Gasteiger charge is 2.32. The number of aryl methyl sites for hydroxylation is 1.